The van der Waals surface area contributed by atoms with Crippen molar-refractivity contribution in [3.8, 4) is 5.75 Å². The van der Waals surface area contributed by atoms with Gasteiger partial charge in [-0.25, -0.2) is 0 Å². The van der Waals surface area contributed by atoms with Crippen LogP contribution in [-0.4, -0.2) is 48.6 Å². The van der Waals surface area contributed by atoms with Gasteiger partial charge in [-0.3, -0.25) is 9.59 Å². The SMILES string of the molecule is C=CCOc1ccc(C2/C(=C(\O)c3ccc(C)cc3)C(=O)C(=O)N2CCCOC)cc1. The molecule has 1 aliphatic heterocycles. The van der Waals surface area contributed by atoms with Crippen LogP contribution in [0.25, 0.3) is 5.76 Å². The number of aliphatic hydroxyl groups excluding tert-OH is 1. The predicted octanol–water partition coefficient (Wildman–Crippen LogP) is 4.02. The highest BCUT2D eigenvalue weighted by Crippen LogP contribution is 2.39. The first kappa shape index (κ1) is 22.3. The van der Waals surface area contributed by atoms with E-state index in [4.69, 9.17) is 9.47 Å². The Hall–Kier alpha value is -3.38. The van der Waals surface area contributed by atoms with Gasteiger partial charge in [0.1, 0.15) is 18.1 Å². The highest BCUT2D eigenvalue weighted by molar-refractivity contribution is 6.46. The van der Waals surface area contributed by atoms with Crippen molar-refractivity contribution in [1.82, 2.24) is 4.90 Å². The highest BCUT2D eigenvalue weighted by atomic mass is 16.5. The molecule has 1 atom stereocenters. The number of hydrogen-bond donors (Lipinski definition) is 1. The standard InChI is InChI=1S/C25H27NO5/c1-4-15-31-20-12-10-18(11-13-20)22-21(23(27)19-8-6-17(2)7-9-19)24(28)25(29)26(22)14-5-16-30-3/h4,6-13,22,27H,1,5,14-16H2,2-3H3/b23-21+. The molecule has 0 saturated carbocycles. The molecule has 1 saturated heterocycles. The number of carbonyl (C=O) groups excluding carboxylic acids is 2. The van der Waals surface area contributed by atoms with Crippen molar-refractivity contribution in [3.63, 3.8) is 0 Å². The molecular formula is C25H27NO5. The first-order chi connectivity index (χ1) is 15.0. The van der Waals surface area contributed by atoms with E-state index in [0.717, 1.165) is 11.1 Å². The van der Waals surface area contributed by atoms with E-state index in [2.05, 4.69) is 6.58 Å². The lowest BCUT2D eigenvalue weighted by Crippen LogP contribution is -2.31. The van der Waals surface area contributed by atoms with Gasteiger partial charge in [0.15, 0.2) is 0 Å². The zero-order valence-corrected chi connectivity index (χ0v) is 17.8. The number of hydrogen-bond acceptors (Lipinski definition) is 5. The van der Waals surface area contributed by atoms with Gasteiger partial charge < -0.3 is 19.5 Å². The van der Waals surface area contributed by atoms with Crippen molar-refractivity contribution < 1.29 is 24.2 Å². The maximum absolute atomic E-state index is 12.9. The number of Topliss-reactive ketones (excluding diaryl/α,β-unsaturated/α-hetero) is 1. The Morgan fingerprint density at radius 3 is 2.42 bits per heavy atom. The summed E-state index contributed by atoms with van der Waals surface area (Å²) in [7, 11) is 1.59. The molecule has 31 heavy (non-hydrogen) atoms. The molecule has 6 nitrogen and oxygen atoms in total. The van der Waals surface area contributed by atoms with Crippen molar-refractivity contribution in [3.05, 3.63) is 83.4 Å². The molecule has 2 aromatic carbocycles. The minimum absolute atomic E-state index is 0.0889. The molecule has 0 aromatic heterocycles. The minimum Gasteiger partial charge on any atom is -0.507 e. The highest BCUT2D eigenvalue weighted by Gasteiger charge is 2.45. The Kier molecular flexibility index (Phi) is 7.26. The van der Waals surface area contributed by atoms with Gasteiger partial charge in [-0.1, -0.05) is 54.6 Å². The average Bonchev–Trinajstić information content (AvgIpc) is 3.03. The third-order valence-electron chi connectivity index (χ3n) is 5.18. The molecule has 2 aromatic rings. The number of ether oxygens (including phenoxy) is 2. The summed E-state index contributed by atoms with van der Waals surface area (Å²) >= 11 is 0. The Morgan fingerprint density at radius 2 is 1.81 bits per heavy atom. The molecule has 6 heteroatoms. The maximum atomic E-state index is 12.9. The van der Waals surface area contributed by atoms with Crippen LogP contribution in [0.15, 0.2) is 66.8 Å². The number of rotatable bonds is 9. The summed E-state index contributed by atoms with van der Waals surface area (Å²) in [6.45, 7) is 6.74. The molecule has 1 unspecified atom stereocenters. The van der Waals surface area contributed by atoms with Crippen molar-refractivity contribution in [2.24, 2.45) is 0 Å². The van der Waals surface area contributed by atoms with Crippen LogP contribution in [0.1, 0.15) is 29.2 Å². The monoisotopic (exact) mass is 421 g/mol. The van der Waals surface area contributed by atoms with Gasteiger partial charge in [0.05, 0.1) is 11.6 Å². The fourth-order valence-electron chi connectivity index (χ4n) is 3.60. The second kappa shape index (κ2) is 10.1. The molecule has 0 bridgehead atoms. The van der Waals surface area contributed by atoms with E-state index in [-0.39, 0.29) is 11.3 Å². The van der Waals surface area contributed by atoms with Gasteiger partial charge in [-0.2, -0.15) is 0 Å². The lowest BCUT2D eigenvalue weighted by molar-refractivity contribution is -0.140. The number of amides is 1. The topological polar surface area (TPSA) is 76.1 Å². The van der Waals surface area contributed by atoms with Crippen molar-refractivity contribution in [1.29, 1.82) is 0 Å². The van der Waals surface area contributed by atoms with Gasteiger partial charge in [-0.15, -0.1) is 0 Å². The fourth-order valence-corrected chi connectivity index (χ4v) is 3.60. The van der Waals surface area contributed by atoms with E-state index in [0.29, 0.717) is 37.5 Å². The summed E-state index contributed by atoms with van der Waals surface area (Å²) in [5.41, 5.74) is 2.34. The number of likely N-dealkylation sites (tertiary alicyclic amines) is 1. The maximum Gasteiger partial charge on any atom is 0.295 e. The summed E-state index contributed by atoms with van der Waals surface area (Å²) < 4.78 is 10.6. The second-order valence-corrected chi connectivity index (χ2v) is 7.37. The molecule has 1 amide bonds. The van der Waals surface area contributed by atoms with Gasteiger partial charge in [-0.05, 0) is 31.0 Å². The molecule has 0 spiro atoms. The Bertz CT molecular complexity index is 976. The van der Waals surface area contributed by atoms with E-state index < -0.39 is 17.7 Å². The first-order valence-corrected chi connectivity index (χ1v) is 10.2. The summed E-state index contributed by atoms with van der Waals surface area (Å²) in [5, 5.41) is 11.0. The molecular weight excluding hydrogens is 394 g/mol. The van der Waals surface area contributed by atoms with Crippen LogP contribution in [-0.2, 0) is 14.3 Å². The number of benzene rings is 2. The van der Waals surface area contributed by atoms with Gasteiger partial charge in [0.25, 0.3) is 11.7 Å². The molecule has 1 fully saturated rings. The Morgan fingerprint density at radius 1 is 1.13 bits per heavy atom. The first-order valence-electron chi connectivity index (χ1n) is 10.2. The Labute approximate surface area is 182 Å². The Balaban J connectivity index is 2.05. The summed E-state index contributed by atoms with van der Waals surface area (Å²) in [6, 6.07) is 13.7. The van der Waals surface area contributed by atoms with Crippen LogP contribution in [0.4, 0.5) is 0 Å². The van der Waals surface area contributed by atoms with E-state index >= 15 is 0 Å². The number of aliphatic hydroxyl groups is 1. The zero-order chi connectivity index (χ0) is 22.4. The lowest BCUT2D eigenvalue weighted by Gasteiger charge is -2.25. The zero-order valence-electron chi connectivity index (χ0n) is 17.8. The van der Waals surface area contributed by atoms with Crippen LogP contribution >= 0.6 is 0 Å². The third-order valence-corrected chi connectivity index (χ3v) is 5.18. The molecule has 1 heterocycles. The molecule has 1 N–H and O–H groups in total. The van der Waals surface area contributed by atoms with Crippen molar-refractivity contribution in [2.75, 3.05) is 26.9 Å². The summed E-state index contributed by atoms with van der Waals surface area (Å²) in [6.07, 6.45) is 2.23. The van der Waals surface area contributed by atoms with Crippen LogP contribution in [0, 0.1) is 6.92 Å². The molecule has 162 valence electrons. The number of methoxy groups -OCH3 is 1. The van der Waals surface area contributed by atoms with Crippen LogP contribution in [0.5, 0.6) is 5.75 Å². The fraction of sp³-hybridized carbons (Fsp3) is 0.280. The molecule has 0 radical (unpaired) electrons. The lowest BCUT2D eigenvalue weighted by atomic mass is 9.95. The van der Waals surface area contributed by atoms with Crippen LogP contribution in [0.3, 0.4) is 0 Å². The number of carbonyl (C=O) groups is 2. The summed E-state index contributed by atoms with van der Waals surface area (Å²) in [5.74, 6) is -0.836. The largest absolute Gasteiger partial charge is 0.507 e. The quantitative estimate of drug-likeness (QED) is 0.218. The van der Waals surface area contributed by atoms with E-state index in [9.17, 15) is 14.7 Å². The second-order valence-electron chi connectivity index (χ2n) is 7.37. The van der Waals surface area contributed by atoms with E-state index in [1.165, 1.54) is 4.90 Å². The number of nitrogens with zero attached hydrogens (tertiary/aromatic N) is 1. The third kappa shape index (κ3) is 4.86. The number of ketones is 1. The number of aryl methyl sites for hydroxylation is 1. The molecule has 3 rings (SSSR count). The average molecular weight is 421 g/mol. The van der Waals surface area contributed by atoms with Gasteiger partial charge in [0, 0.05) is 25.8 Å². The normalized spacial score (nSPS) is 17.7. The van der Waals surface area contributed by atoms with Crippen molar-refractivity contribution >= 4 is 17.4 Å². The van der Waals surface area contributed by atoms with Crippen LogP contribution < -0.4 is 4.74 Å². The molecule has 1 aliphatic rings. The van der Waals surface area contributed by atoms with Gasteiger partial charge in [0.2, 0.25) is 0 Å². The molecule has 0 aliphatic carbocycles. The smallest absolute Gasteiger partial charge is 0.295 e. The minimum atomic E-state index is -0.688. The predicted molar refractivity (Wildman–Crippen MR) is 119 cm³/mol. The summed E-state index contributed by atoms with van der Waals surface area (Å²) in [4.78, 5) is 27.3. The van der Waals surface area contributed by atoms with Crippen molar-refractivity contribution in [2.45, 2.75) is 19.4 Å². The van der Waals surface area contributed by atoms with E-state index in [1.54, 1.807) is 49.6 Å². The van der Waals surface area contributed by atoms with Crippen LogP contribution in [0.2, 0.25) is 0 Å². The van der Waals surface area contributed by atoms with Gasteiger partial charge >= 0.3 is 0 Å². The van der Waals surface area contributed by atoms with E-state index in [1.807, 2.05) is 19.1 Å².